The van der Waals surface area contributed by atoms with Crippen molar-refractivity contribution in [2.45, 2.75) is 26.9 Å². The normalized spacial score (nSPS) is 10.7. The van der Waals surface area contributed by atoms with E-state index >= 15 is 0 Å². The van der Waals surface area contributed by atoms with Gasteiger partial charge in [0, 0.05) is 23.2 Å². The van der Waals surface area contributed by atoms with E-state index in [2.05, 4.69) is 20.6 Å². The highest BCUT2D eigenvalue weighted by atomic mass is 127. The van der Waals surface area contributed by atoms with Crippen LogP contribution in [0, 0.1) is 24.1 Å². The first-order chi connectivity index (χ1) is 11.1. The molecule has 128 valence electrons. The molecule has 0 unspecified atom stereocenters. The Labute approximate surface area is 162 Å². The van der Waals surface area contributed by atoms with Gasteiger partial charge in [-0.1, -0.05) is 6.07 Å². The van der Waals surface area contributed by atoms with Crippen LogP contribution in [0.1, 0.15) is 27.9 Å². The van der Waals surface area contributed by atoms with E-state index in [0.29, 0.717) is 30.2 Å². The average Bonchev–Trinajstić information content (AvgIpc) is 2.96. The summed E-state index contributed by atoms with van der Waals surface area (Å²) < 4.78 is 13.9. The summed E-state index contributed by atoms with van der Waals surface area (Å²) in [5.41, 5.74) is 0.755. The maximum atomic E-state index is 13.9. The highest BCUT2D eigenvalue weighted by molar-refractivity contribution is 14.0. The molecule has 8 heteroatoms. The van der Waals surface area contributed by atoms with E-state index in [1.54, 1.807) is 23.5 Å². The molecule has 0 aliphatic rings. The van der Waals surface area contributed by atoms with Crippen LogP contribution in [-0.2, 0) is 13.1 Å². The van der Waals surface area contributed by atoms with E-state index in [9.17, 15) is 4.39 Å². The molecule has 0 saturated heterocycles. The van der Waals surface area contributed by atoms with Gasteiger partial charge in [0.05, 0.1) is 24.7 Å². The van der Waals surface area contributed by atoms with E-state index in [-0.39, 0.29) is 30.5 Å². The number of nitrogens with one attached hydrogen (secondary N) is 2. The number of aryl methyl sites for hydroxylation is 1. The molecule has 0 amide bonds. The number of rotatable bonds is 5. The smallest absolute Gasteiger partial charge is 0.191 e. The molecule has 0 spiro atoms. The molecule has 2 N–H and O–H groups in total. The molecule has 0 bridgehead atoms. The first-order valence-electron chi connectivity index (χ1n) is 7.24. The van der Waals surface area contributed by atoms with Crippen molar-refractivity contribution >= 4 is 41.3 Å². The molecular formula is C16H19FIN5S. The minimum absolute atomic E-state index is 0. The van der Waals surface area contributed by atoms with Crippen LogP contribution in [0.2, 0.25) is 0 Å². The highest BCUT2D eigenvalue weighted by Gasteiger charge is 2.05. The predicted molar refractivity (Wildman–Crippen MR) is 105 cm³/mol. The molecule has 0 saturated carbocycles. The molecule has 0 fully saturated rings. The topological polar surface area (TPSA) is 73.1 Å². The summed E-state index contributed by atoms with van der Waals surface area (Å²) in [6, 6.07) is 6.32. The fourth-order valence-electron chi connectivity index (χ4n) is 1.89. The van der Waals surface area contributed by atoms with Crippen molar-refractivity contribution in [3.05, 3.63) is 51.2 Å². The number of nitrogens with zero attached hydrogens (tertiary/aromatic N) is 3. The molecule has 1 aromatic heterocycles. The Hall–Kier alpha value is -1.73. The summed E-state index contributed by atoms with van der Waals surface area (Å²) in [4.78, 5) is 9.81. The van der Waals surface area contributed by atoms with Gasteiger partial charge in [-0.05, 0) is 26.0 Å². The van der Waals surface area contributed by atoms with Gasteiger partial charge in [0.15, 0.2) is 5.96 Å². The van der Waals surface area contributed by atoms with Crippen molar-refractivity contribution in [1.82, 2.24) is 15.6 Å². The number of thiazole rings is 1. The molecule has 2 aromatic rings. The van der Waals surface area contributed by atoms with Gasteiger partial charge in [-0.15, -0.1) is 35.3 Å². The number of hydrogen-bond acceptors (Lipinski definition) is 4. The first-order valence-corrected chi connectivity index (χ1v) is 8.06. The van der Waals surface area contributed by atoms with E-state index < -0.39 is 5.82 Å². The van der Waals surface area contributed by atoms with Gasteiger partial charge in [0.1, 0.15) is 10.8 Å². The van der Waals surface area contributed by atoms with Gasteiger partial charge in [-0.25, -0.2) is 14.4 Å². The Morgan fingerprint density at radius 1 is 1.42 bits per heavy atom. The third-order valence-corrected chi connectivity index (χ3v) is 3.92. The number of benzene rings is 1. The maximum absolute atomic E-state index is 13.9. The summed E-state index contributed by atoms with van der Waals surface area (Å²) in [6.45, 7) is 5.45. The summed E-state index contributed by atoms with van der Waals surface area (Å²) in [5, 5.41) is 16.0. The Morgan fingerprint density at radius 3 is 2.79 bits per heavy atom. The van der Waals surface area contributed by atoms with Gasteiger partial charge in [0.25, 0.3) is 0 Å². The molecule has 5 nitrogen and oxygen atoms in total. The lowest BCUT2D eigenvalue weighted by Gasteiger charge is -2.10. The predicted octanol–water partition coefficient (Wildman–Crippen LogP) is 3.34. The second-order valence-electron chi connectivity index (χ2n) is 4.83. The molecule has 24 heavy (non-hydrogen) atoms. The van der Waals surface area contributed by atoms with Crippen molar-refractivity contribution < 1.29 is 4.39 Å². The molecular weight excluding hydrogens is 440 g/mol. The quantitative estimate of drug-likeness (QED) is 0.409. The molecule has 1 aromatic carbocycles. The fourth-order valence-corrected chi connectivity index (χ4v) is 2.62. The lowest BCUT2D eigenvalue weighted by Crippen LogP contribution is -2.36. The van der Waals surface area contributed by atoms with E-state index in [1.807, 2.05) is 26.1 Å². The number of guanidine groups is 1. The molecule has 0 aliphatic carbocycles. The van der Waals surface area contributed by atoms with E-state index in [4.69, 9.17) is 5.26 Å². The SMILES string of the molecule is CCNC(=NCc1ccc(C#N)cc1F)NCc1ncc(C)s1.I. The Bertz CT molecular complexity index is 738. The lowest BCUT2D eigenvalue weighted by molar-refractivity contribution is 0.609. The van der Waals surface area contributed by atoms with E-state index in [1.165, 1.54) is 6.07 Å². The molecule has 0 atom stereocenters. The molecule has 1 heterocycles. The number of aromatic nitrogens is 1. The van der Waals surface area contributed by atoms with Crippen LogP contribution in [0.3, 0.4) is 0 Å². The highest BCUT2D eigenvalue weighted by Crippen LogP contribution is 2.12. The van der Waals surface area contributed by atoms with Gasteiger partial charge in [-0.2, -0.15) is 5.26 Å². The minimum Gasteiger partial charge on any atom is -0.357 e. The maximum Gasteiger partial charge on any atom is 0.191 e. The molecule has 0 radical (unpaired) electrons. The Kier molecular flexibility index (Phi) is 8.63. The molecule has 2 rings (SSSR count). The zero-order valence-corrected chi connectivity index (χ0v) is 16.6. The Morgan fingerprint density at radius 2 is 2.21 bits per heavy atom. The van der Waals surface area contributed by atoms with Crippen molar-refractivity contribution in [1.29, 1.82) is 5.26 Å². The fraction of sp³-hybridized carbons (Fsp3) is 0.312. The van der Waals surface area contributed by atoms with Crippen molar-refractivity contribution in [3.8, 4) is 6.07 Å². The number of aliphatic imine (C=N–C) groups is 1. The van der Waals surface area contributed by atoms with Crippen molar-refractivity contribution in [2.75, 3.05) is 6.54 Å². The summed E-state index contributed by atoms with van der Waals surface area (Å²) in [7, 11) is 0. The van der Waals surface area contributed by atoms with E-state index in [0.717, 1.165) is 9.88 Å². The first kappa shape index (κ1) is 20.3. The van der Waals surface area contributed by atoms with Crippen LogP contribution in [0.4, 0.5) is 4.39 Å². The third-order valence-electron chi connectivity index (χ3n) is 3.01. The van der Waals surface area contributed by atoms with Crippen LogP contribution < -0.4 is 10.6 Å². The van der Waals surface area contributed by atoms with Gasteiger partial charge in [-0.3, -0.25) is 0 Å². The van der Waals surface area contributed by atoms with Crippen LogP contribution in [-0.4, -0.2) is 17.5 Å². The summed E-state index contributed by atoms with van der Waals surface area (Å²) in [6.07, 6.45) is 1.83. The second kappa shape index (κ2) is 10.2. The molecule has 0 aliphatic heterocycles. The van der Waals surface area contributed by atoms with Crippen molar-refractivity contribution in [2.24, 2.45) is 4.99 Å². The average molecular weight is 459 g/mol. The minimum atomic E-state index is -0.417. The third kappa shape index (κ3) is 6.05. The zero-order valence-electron chi connectivity index (χ0n) is 13.5. The number of hydrogen-bond donors (Lipinski definition) is 2. The number of nitriles is 1. The lowest BCUT2D eigenvalue weighted by atomic mass is 10.1. The van der Waals surface area contributed by atoms with Crippen LogP contribution in [0.25, 0.3) is 0 Å². The largest absolute Gasteiger partial charge is 0.357 e. The van der Waals surface area contributed by atoms with Gasteiger partial charge in [0.2, 0.25) is 0 Å². The second-order valence-corrected chi connectivity index (χ2v) is 6.15. The van der Waals surface area contributed by atoms with Crippen LogP contribution in [0.5, 0.6) is 0 Å². The Balaban J connectivity index is 0.00000288. The summed E-state index contributed by atoms with van der Waals surface area (Å²) >= 11 is 1.62. The van der Waals surface area contributed by atoms with Crippen LogP contribution >= 0.6 is 35.3 Å². The van der Waals surface area contributed by atoms with Gasteiger partial charge < -0.3 is 10.6 Å². The monoisotopic (exact) mass is 459 g/mol. The standard InChI is InChI=1S/C16H18FN5S.HI/c1-3-19-16(22-10-15-20-8-11(2)23-15)21-9-13-5-4-12(7-18)6-14(13)17;/h4-6,8H,3,9-10H2,1-2H3,(H2,19,21,22);1H. The number of halogens is 2. The summed E-state index contributed by atoms with van der Waals surface area (Å²) in [5.74, 6) is 0.184. The van der Waals surface area contributed by atoms with Crippen LogP contribution in [0.15, 0.2) is 29.4 Å². The van der Waals surface area contributed by atoms with Gasteiger partial charge >= 0.3 is 0 Å². The zero-order chi connectivity index (χ0) is 16.7. The van der Waals surface area contributed by atoms with Crippen molar-refractivity contribution in [3.63, 3.8) is 0 Å².